The Labute approximate surface area is 210 Å². The molecule has 3 atom stereocenters. The number of aromatic hydroxyl groups is 2. The highest BCUT2D eigenvalue weighted by Crippen LogP contribution is 2.47. The number of nitrogens with zero attached hydrogens (tertiary/aromatic N) is 2. The van der Waals surface area contributed by atoms with Gasteiger partial charge in [0.25, 0.3) is 0 Å². The highest BCUT2D eigenvalue weighted by molar-refractivity contribution is 5.95. The zero-order chi connectivity index (χ0) is 25.4. The lowest BCUT2D eigenvalue weighted by Gasteiger charge is -2.30. The summed E-state index contributed by atoms with van der Waals surface area (Å²) in [6.45, 7) is 9.10. The average Bonchev–Trinajstić information content (AvgIpc) is 3.30. The van der Waals surface area contributed by atoms with Crippen molar-refractivity contribution in [2.45, 2.75) is 39.3 Å². The summed E-state index contributed by atoms with van der Waals surface area (Å²) >= 11 is 0. The van der Waals surface area contributed by atoms with Crippen LogP contribution in [-0.2, 0) is 0 Å². The minimum Gasteiger partial charge on any atom is -0.508 e. The van der Waals surface area contributed by atoms with Crippen molar-refractivity contribution in [3.63, 3.8) is 0 Å². The van der Waals surface area contributed by atoms with Crippen LogP contribution in [0.25, 0.3) is 11.1 Å². The number of hydrogen-bond acceptors (Lipinski definition) is 6. The van der Waals surface area contributed by atoms with E-state index in [4.69, 9.17) is 9.47 Å². The average molecular weight is 491 g/mol. The summed E-state index contributed by atoms with van der Waals surface area (Å²) in [4.78, 5) is 7.07. The highest BCUT2D eigenvalue weighted by Gasteiger charge is 2.32. The van der Waals surface area contributed by atoms with E-state index in [9.17, 15) is 10.2 Å². The van der Waals surface area contributed by atoms with Gasteiger partial charge in [0.1, 0.15) is 35.4 Å². The Balaban J connectivity index is 1.43. The number of pyridine rings is 1. The van der Waals surface area contributed by atoms with Gasteiger partial charge in [-0.3, -0.25) is 9.88 Å². The maximum atomic E-state index is 15.0. The minimum absolute atomic E-state index is 0.0953. The maximum absolute atomic E-state index is 15.0. The van der Waals surface area contributed by atoms with Crippen LogP contribution in [0.2, 0.25) is 0 Å². The Morgan fingerprint density at radius 3 is 2.58 bits per heavy atom. The van der Waals surface area contributed by atoms with Crippen molar-refractivity contribution < 1.29 is 24.1 Å². The van der Waals surface area contributed by atoms with Gasteiger partial charge in [-0.15, -0.1) is 0 Å². The molecular weight excluding hydrogens is 459 g/mol. The zero-order valence-electron chi connectivity index (χ0n) is 20.7. The van der Waals surface area contributed by atoms with Gasteiger partial charge in [-0.1, -0.05) is 6.92 Å². The third kappa shape index (κ3) is 4.75. The molecule has 3 heterocycles. The third-order valence-corrected chi connectivity index (χ3v) is 7.12. The van der Waals surface area contributed by atoms with Crippen molar-refractivity contribution in [1.29, 1.82) is 0 Å². The van der Waals surface area contributed by atoms with Crippen LogP contribution in [0.15, 0.2) is 54.7 Å². The lowest BCUT2D eigenvalue weighted by Crippen LogP contribution is -2.35. The molecule has 0 amide bonds. The lowest BCUT2D eigenvalue weighted by molar-refractivity contribution is 0.168. The van der Waals surface area contributed by atoms with Gasteiger partial charge in [0.2, 0.25) is 0 Å². The van der Waals surface area contributed by atoms with E-state index >= 15 is 4.39 Å². The molecule has 5 rings (SSSR count). The van der Waals surface area contributed by atoms with E-state index in [0.717, 1.165) is 30.6 Å². The van der Waals surface area contributed by atoms with Crippen LogP contribution in [0.3, 0.4) is 0 Å². The van der Waals surface area contributed by atoms with Crippen molar-refractivity contribution >= 4 is 11.1 Å². The van der Waals surface area contributed by atoms with E-state index in [1.165, 1.54) is 18.6 Å². The van der Waals surface area contributed by atoms with Crippen LogP contribution in [0.4, 0.5) is 4.39 Å². The summed E-state index contributed by atoms with van der Waals surface area (Å²) in [7, 11) is 0. The number of aromatic nitrogens is 1. The SMILES string of the molecule is CC1=C(c2ccc(O)cc2F)C(c2ccc(OCC(C)N3CCC(C)C3)cn2)Oc2ccc(O)cc21. The molecule has 0 bridgehead atoms. The largest absolute Gasteiger partial charge is 0.508 e. The second-order valence-electron chi connectivity index (χ2n) is 9.85. The summed E-state index contributed by atoms with van der Waals surface area (Å²) in [5.41, 5.74) is 2.93. The molecule has 0 saturated carbocycles. The third-order valence-electron chi connectivity index (χ3n) is 7.12. The van der Waals surface area contributed by atoms with Gasteiger partial charge in [-0.25, -0.2) is 4.39 Å². The molecular formula is C29H31FN2O4. The van der Waals surface area contributed by atoms with Gasteiger partial charge in [-0.05, 0) is 80.8 Å². The van der Waals surface area contributed by atoms with E-state index in [-0.39, 0.29) is 11.5 Å². The molecule has 7 heteroatoms. The highest BCUT2D eigenvalue weighted by atomic mass is 19.1. The number of phenolic OH excluding ortho intramolecular Hbond substituents is 2. The zero-order valence-corrected chi connectivity index (χ0v) is 20.7. The molecule has 0 aliphatic carbocycles. The number of halogens is 1. The van der Waals surface area contributed by atoms with Crippen molar-refractivity contribution in [2.75, 3.05) is 19.7 Å². The number of hydrogen-bond donors (Lipinski definition) is 2. The fourth-order valence-corrected chi connectivity index (χ4v) is 5.04. The van der Waals surface area contributed by atoms with E-state index in [0.29, 0.717) is 46.5 Å². The minimum atomic E-state index is -0.680. The van der Waals surface area contributed by atoms with Gasteiger partial charge >= 0.3 is 0 Å². The summed E-state index contributed by atoms with van der Waals surface area (Å²) in [5, 5.41) is 19.8. The number of fused-ring (bicyclic) bond motifs is 1. The predicted molar refractivity (Wildman–Crippen MR) is 137 cm³/mol. The van der Waals surface area contributed by atoms with Gasteiger partial charge < -0.3 is 19.7 Å². The molecule has 3 aromatic rings. The monoisotopic (exact) mass is 490 g/mol. The van der Waals surface area contributed by atoms with E-state index in [1.807, 2.05) is 19.1 Å². The van der Waals surface area contributed by atoms with Gasteiger partial charge in [0, 0.05) is 35.4 Å². The normalized spacial score (nSPS) is 20.7. The first-order chi connectivity index (χ1) is 17.3. The molecule has 3 unspecified atom stereocenters. The summed E-state index contributed by atoms with van der Waals surface area (Å²) in [6.07, 6.45) is 2.21. The van der Waals surface area contributed by atoms with Crippen LogP contribution in [0.5, 0.6) is 23.0 Å². The molecule has 36 heavy (non-hydrogen) atoms. The Bertz CT molecular complexity index is 1290. The van der Waals surface area contributed by atoms with Crippen LogP contribution >= 0.6 is 0 Å². The first-order valence-electron chi connectivity index (χ1n) is 12.3. The Morgan fingerprint density at radius 1 is 1.11 bits per heavy atom. The first-order valence-corrected chi connectivity index (χ1v) is 12.3. The van der Waals surface area contributed by atoms with E-state index in [2.05, 4.69) is 23.7 Å². The number of benzene rings is 2. The van der Waals surface area contributed by atoms with Crippen LogP contribution in [0, 0.1) is 11.7 Å². The molecule has 2 aliphatic heterocycles. The first kappa shape index (κ1) is 24.1. The molecule has 0 spiro atoms. The molecule has 0 radical (unpaired) electrons. The molecule has 2 N–H and O–H groups in total. The quantitative estimate of drug-likeness (QED) is 0.455. The number of likely N-dealkylation sites (tertiary alicyclic amines) is 1. The maximum Gasteiger partial charge on any atom is 0.167 e. The Kier molecular flexibility index (Phi) is 6.58. The number of rotatable bonds is 6. The Hall–Kier alpha value is -3.58. The topological polar surface area (TPSA) is 75.1 Å². The molecule has 6 nitrogen and oxygen atoms in total. The predicted octanol–water partition coefficient (Wildman–Crippen LogP) is 5.81. The number of ether oxygens (including phenoxy) is 2. The van der Waals surface area contributed by atoms with Gasteiger partial charge in [-0.2, -0.15) is 0 Å². The lowest BCUT2D eigenvalue weighted by atomic mass is 9.87. The van der Waals surface area contributed by atoms with E-state index < -0.39 is 11.9 Å². The molecule has 188 valence electrons. The second-order valence-corrected chi connectivity index (χ2v) is 9.85. The van der Waals surface area contributed by atoms with Crippen LogP contribution in [0.1, 0.15) is 50.1 Å². The number of phenols is 2. The standard InChI is InChI=1S/C29H31FN2O4/c1-17-10-11-32(15-17)18(2)16-35-22-6-8-26(31-14-22)29-28(23-7-4-21(34)13-25(23)30)19(3)24-12-20(33)5-9-27(24)36-29/h4-9,12-14,17-18,29,33-34H,10-11,15-16H2,1-3H3. The molecule has 2 aliphatic rings. The fraction of sp³-hybridized carbons (Fsp3) is 0.345. The molecule has 1 fully saturated rings. The summed E-state index contributed by atoms with van der Waals surface area (Å²) in [5.74, 6) is 1.34. The van der Waals surface area contributed by atoms with Crippen LogP contribution in [-0.4, -0.2) is 45.8 Å². The van der Waals surface area contributed by atoms with Gasteiger partial charge in [0.15, 0.2) is 6.10 Å². The summed E-state index contributed by atoms with van der Waals surface area (Å²) < 4.78 is 27.3. The van der Waals surface area contributed by atoms with Crippen molar-refractivity contribution in [2.24, 2.45) is 5.92 Å². The molecule has 1 saturated heterocycles. The number of allylic oxidation sites excluding steroid dienone is 1. The van der Waals surface area contributed by atoms with E-state index in [1.54, 1.807) is 24.4 Å². The fourth-order valence-electron chi connectivity index (χ4n) is 5.04. The second kappa shape index (κ2) is 9.82. The molecule has 2 aromatic carbocycles. The molecule has 1 aromatic heterocycles. The van der Waals surface area contributed by atoms with Crippen molar-refractivity contribution in [3.8, 4) is 23.0 Å². The van der Waals surface area contributed by atoms with Crippen LogP contribution < -0.4 is 9.47 Å². The smallest absolute Gasteiger partial charge is 0.167 e. The van der Waals surface area contributed by atoms with Crippen molar-refractivity contribution in [1.82, 2.24) is 9.88 Å². The van der Waals surface area contributed by atoms with Crippen molar-refractivity contribution in [3.05, 3.63) is 77.4 Å². The van der Waals surface area contributed by atoms with Gasteiger partial charge in [0.05, 0.1) is 11.9 Å². The Morgan fingerprint density at radius 2 is 1.89 bits per heavy atom. The summed E-state index contributed by atoms with van der Waals surface area (Å²) in [6, 6.07) is 12.9.